The van der Waals surface area contributed by atoms with Gasteiger partial charge in [0, 0.05) is 27.3 Å². The first-order chi connectivity index (χ1) is 7.93. The molecule has 0 amide bonds. The SMILES string of the molecule is Cc1sc(C(CN)N2CCC(C)(C)C2)cc1Br. The van der Waals surface area contributed by atoms with Gasteiger partial charge in [-0.2, -0.15) is 0 Å². The molecule has 0 aliphatic carbocycles. The van der Waals surface area contributed by atoms with Crippen molar-refractivity contribution in [3.8, 4) is 0 Å². The van der Waals surface area contributed by atoms with Crippen LogP contribution in [0.15, 0.2) is 10.5 Å². The fourth-order valence-corrected chi connectivity index (χ4v) is 4.22. The van der Waals surface area contributed by atoms with Crippen LogP contribution in [0.1, 0.15) is 36.1 Å². The molecule has 2 nitrogen and oxygen atoms in total. The van der Waals surface area contributed by atoms with Gasteiger partial charge in [0.1, 0.15) is 0 Å². The largest absolute Gasteiger partial charge is 0.329 e. The van der Waals surface area contributed by atoms with E-state index in [-0.39, 0.29) is 0 Å². The standard InChI is InChI=1S/C13H21BrN2S/c1-9-10(14)6-12(17-9)11(7-15)16-5-4-13(2,3)8-16/h6,11H,4-5,7-8,15H2,1-3H3. The summed E-state index contributed by atoms with van der Waals surface area (Å²) in [6.45, 7) is 9.88. The fourth-order valence-electron chi connectivity index (χ4n) is 2.51. The summed E-state index contributed by atoms with van der Waals surface area (Å²) >= 11 is 5.46. The van der Waals surface area contributed by atoms with E-state index in [4.69, 9.17) is 5.73 Å². The predicted octanol–water partition coefficient (Wildman–Crippen LogP) is 3.55. The lowest BCUT2D eigenvalue weighted by Crippen LogP contribution is -2.32. The summed E-state index contributed by atoms with van der Waals surface area (Å²) in [5.41, 5.74) is 6.42. The number of nitrogens with two attached hydrogens (primary N) is 1. The first-order valence-electron chi connectivity index (χ1n) is 6.13. The number of nitrogens with zero attached hydrogens (tertiary/aromatic N) is 1. The van der Waals surface area contributed by atoms with E-state index in [1.165, 1.54) is 27.2 Å². The Balaban J connectivity index is 2.17. The summed E-state index contributed by atoms with van der Waals surface area (Å²) in [5.74, 6) is 0. The Morgan fingerprint density at radius 1 is 1.59 bits per heavy atom. The summed E-state index contributed by atoms with van der Waals surface area (Å²) in [6, 6.07) is 2.63. The van der Waals surface area contributed by atoms with Crippen molar-refractivity contribution in [2.75, 3.05) is 19.6 Å². The molecule has 2 heterocycles. The van der Waals surface area contributed by atoms with Crippen LogP contribution in [0.25, 0.3) is 0 Å². The van der Waals surface area contributed by atoms with E-state index in [1.807, 2.05) is 11.3 Å². The van der Waals surface area contributed by atoms with E-state index in [0.29, 0.717) is 18.0 Å². The molecule has 0 spiro atoms. The van der Waals surface area contributed by atoms with Gasteiger partial charge >= 0.3 is 0 Å². The third kappa shape index (κ3) is 2.92. The predicted molar refractivity (Wildman–Crippen MR) is 78.5 cm³/mol. The van der Waals surface area contributed by atoms with Crippen LogP contribution in [0.4, 0.5) is 0 Å². The molecule has 0 bridgehead atoms. The molecule has 1 fully saturated rings. The van der Waals surface area contributed by atoms with Crippen LogP contribution < -0.4 is 5.73 Å². The average Bonchev–Trinajstić information content (AvgIpc) is 2.73. The van der Waals surface area contributed by atoms with Gasteiger partial charge in [0.05, 0.1) is 6.04 Å². The second-order valence-corrected chi connectivity index (χ2v) is 7.83. The van der Waals surface area contributed by atoms with Crippen molar-refractivity contribution < 1.29 is 0 Å². The minimum absolute atomic E-state index is 0.395. The van der Waals surface area contributed by atoms with Crippen molar-refractivity contribution >= 4 is 27.3 Å². The second-order valence-electron chi connectivity index (χ2n) is 5.69. The van der Waals surface area contributed by atoms with Gasteiger partial charge in [-0.3, -0.25) is 4.90 Å². The summed E-state index contributed by atoms with van der Waals surface area (Å²) in [7, 11) is 0. The highest BCUT2D eigenvalue weighted by Crippen LogP contribution is 2.38. The van der Waals surface area contributed by atoms with Crippen molar-refractivity contribution in [1.82, 2.24) is 4.90 Å². The van der Waals surface area contributed by atoms with Crippen molar-refractivity contribution in [3.63, 3.8) is 0 Å². The first-order valence-corrected chi connectivity index (χ1v) is 7.74. The lowest BCUT2D eigenvalue weighted by atomic mass is 9.93. The molecule has 1 aromatic rings. The van der Waals surface area contributed by atoms with Crippen molar-refractivity contribution in [3.05, 3.63) is 20.3 Å². The molecular formula is C13H21BrN2S. The van der Waals surface area contributed by atoms with E-state index in [2.05, 4.69) is 47.7 Å². The van der Waals surface area contributed by atoms with E-state index >= 15 is 0 Å². The zero-order valence-electron chi connectivity index (χ0n) is 10.8. The molecule has 1 atom stereocenters. The van der Waals surface area contributed by atoms with Crippen LogP contribution in [-0.4, -0.2) is 24.5 Å². The smallest absolute Gasteiger partial charge is 0.0565 e. The van der Waals surface area contributed by atoms with Crippen LogP contribution in [0.2, 0.25) is 0 Å². The Morgan fingerprint density at radius 2 is 2.29 bits per heavy atom. The average molecular weight is 317 g/mol. The van der Waals surface area contributed by atoms with Gasteiger partial charge in [-0.1, -0.05) is 13.8 Å². The minimum Gasteiger partial charge on any atom is -0.329 e. The van der Waals surface area contributed by atoms with Crippen LogP contribution in [0.5, 0.6) is 0 Å². The second kappa shape index (κ2) is 5.00. The molecule has 96 valence electrons. The number of aryl methyl sites for hydroxylation is 1. The zero-order chi connectivity index (χ0) is 12.6. The Morgan fingerprint density at radius 3 is 2.71 bits per heavy atom. The Bertz CT molecular complexity index is 381. The monoisotopic (exact) mass is 316 g/mol. The van der Waals surface area contributed by atoms with Gasteiger partial charge in [0.25, 0.3) is 0 Å². The molecule has 0 radical (unpaired) electrons. The van der Waals surface area contributed by atoms with E-state index in [0.717, 1.165) is 6.54 Å². The highest BCUT2D eigenvalue weighted by Gasteiger charge is 2.33. The Hall–Kier alpha value is 0.100. The zero-order valence-corrected chi connectivity index (χ0v) is 13.2. The maximum absolute atomic E-state index is 5.98. The molecule has 2 N–H and O–H groups in total. The lowest BCUT2D eigenvalue weighted by Gasteiger charge is -2.27. The number of halogens is 1. The number of rotatable bonds is 3. The van der Waals surface area contributed by atoms with Crippen molar-refractivity contribution in [1.29, 1.82) is 0 Å². The van der Waals surface area contributed by atoms with Crippen LogP contribution in [0.3, 0.4) is 0 Å². The van der Waals surface area contributed by atoms with E-state index < -0.39 is 0 Å². The van der Waals surface area contributed by atoms with Crippen LogP contribution >= 0.6 is 27.3 Å². The third-order valence-corrected chi connectivity index (χ3v) is 5.81. The number of likely N-dealkylation sites (tertiary alicyclic amines) is 1. The maximum Gasteiger partial charge on any atom is 0.0565 e. The fraction of sp³-hybridized carbons (Fsp3) is 0.692. The molecule has 2 rings (SSSR count). The third-order valence-electron chi connectivity index (χ3n) is 3.58. The number of hydrogen-bond acceptors (Lipinski definition) is 3. The minimum atomic E-state index is 0.395. The normalized spacial score (nSPS) is 21.9. The molecule has 0 saturated carbocycles. The molecule has 4 heteroatoms. The molecule has 1 unspecified atom stereocenters. The first kappa shape index (κ1) is 13.5. The summed E-state index contributed by atoms with van der Waals surface area (Å²) in [6.07, 6.45) is 1.27. The van der Waals surface area contributed by atoms with Gasteiger partial charge in [-0.25, -0.2) is 0 Å². The number of thiophene rings is 1. The highest BCUT2D eigenvalue weighted by molar-refractivity contribution is 9.10. The van der Waals surface area contributed by atoms with E-state index in [1.54, 1.807) is 0 Å². The molecule has 1 aliphatic heterocycles. The van der Waals surface area contributed by atoms with Crippen molar-refractivity contribution in [2.24, 2.45) is 11.1 Å². The number of hydrogen-bond donors (Lipinski definition) is 1. The summed E-state index contributed by atoms with van der Waals surface area (Å²) < 4.78 is 1.22. The van der Waals surface area contributed by atoms with Crippen LogP contribution in [0, 0.1) is 12.3 Å². The molecule has 17 heavy (non-hydrogen) atoms. The quantitative estimate of drug-likeness (QED) is 0.924. The lowest BCUT2D eigenvalue weighted by molar-refractivity contribution is 0.226. The van der Waals surface area contributed by atoms with E-state index in [9.17, 15) is 0 Å². The topological polar surface area (TPSA) is 29.3 Å². The van der Waals surface area contributed by atoms with Gasteiger partial charge in [-0.05, 0) is 47.3 Å². The van der Waals surface area contributed by atoms with Gasteiger partial charge in [0.2, 0.25) is 0 Å². The van der Waals surface area contributed by atoms with Gasteiger partial charge in [-0.15, -0.1) is 11.3 Å². The Labute approximate surface area is 116 Å². The highest BCUT2D eigenvalue weighted by atomic mass is 79.9. The molecule has 1 aliphatic rings. The summed E-state index contributed by atoms with van der Waals surface area (Å²) in [5, 5.41) is 0. The molecule has 0 aromatic carbocycles. The molecule has 1 saturated heterocycles. The maximum atomic E-state index is 5.98. The van der Waals surface area contributed by atoms with Crippen LogP contribution in [-0.2, 0) is 0 Å². The van der Waals surface area contributed by atoms with Gasteiger partial charge < -0.3 is 5.73 Å². The van der Waals surface area contributed by atoms with Crippen molar-refractivity contribution in [2.45, 2.75) is 33.2 Å². The van der Waals surface area contributed by atoms with Gasteiger partial charge in [0.15, 0.2) is 0 Å². The Kier molecular flexibility index (Phi) is 3.98. The molecular weight excluding hydrogens is 296 g/mol. The molecule has 1 aromatic heterocycles. The summed E-state index contributed by atoms with van der Waals surface area (Å²) in [4.78, 5) is 5.28.